The highest BCUT2D eigenvalue weighted by molar-refractivity contribution is 8.21. The number of hydrogen-bond acceptors (Lipinski definition) is 3. The summed E-state index contributed by atoms with van der Waals surface area (Å²) in [7, 11) is 6.29. The van der Waals surface area contributed by atoms with Gasteiger partial charge in [-0.15, -0.1) is 0 Å². The molecular weight excluding hydrogens is 274 g/mol. The van der Waals surface area contributed by atoms with Crippen LogP contribution < -0.4 is 0 Å². The van der Waals surface area contributed by atoms with Gasteiger partial charge < -0.3 is 0 Å². The highest BCUT2D eigenvalue weighted by Crippen LogP contribution is 2.40. The monoisotopic (exact) mass is 272 g/mol. The number of rotatable bonds is 1. The lowest BCUT2D eigenvalue weighted by atomic mass is 10.4. The van der Waals surface area contributed by atoms with E-state index in [1.54, 1.807) is 6.07 Å². The van der Waals surface area contributed by atoms with Crippen LogP contribution in [-0.4, -0.2) is 4.98 Å². The minimum absolute atomic E-state index is 0.0132. The van der Waals surface area contributed by atoms with Crippen LogP contribution in [0.2, 0.25) is 15.2 Å². The van der Waals surface area contributed by atoms with Crippen molar-refractivity contribution in [2.45, 2.75) is 4.90 Å². The number of aromatic nitrogens is 1. The zero-order valence-corrected chi connectivity index (χ0v) is 9.65. The van der Waals surface area contributed by atoms with E-state index in [1.807, 2.05) is 0 Å². The third kappa shape index (κ3) is 2.15. The van der Waals surface area contributed by atoms with Crippen molar-refractivity contribution < 1.29 is 0 Å². The molecule has 0 fully saturated rings. The molecule has 1 aromatic rings. The van der Waals surface area contributed by atoms with Gasteiger partial charge in [0.05, 0.1) is 14.9 Å². The first-order valence-electron chi connectivity index (χ1n) is 2.85. The van der Waals surface area contributed by atoms with Gasteiger partial charge in [-0.2, -0.15) is 5.26 Å². The Kier molecular flexibility index (Phi) is 3.96. The van der Waals surface area contributed by atoms with E-state index in [0.29, 0.717) is 4.90 Å². The Morgan fingerprint density at radius 2 is 1.85 bits per heavy atom. The number of nitriles is 1. The van der Waals surface area contributed by atoms with Gasteiger partial charge in [0.1, 0.15) is 11.2 Å². The molecule has 7 heteroatoms. The lowest BCUT2D eigenvalue weighted by Gasteiger charge is -2.04. The van der Waals surface area contributed by atoms with Crippen molar-refractivity contribution in [3.63, 3.8) is 0 Å². The Labute approximate surface area is 98.2 Å². The normalized spacial score (nSPS) is 9.77. The molecule has 0 atom stereocenters. The van der Waals surface area contributed by atoms with Crippen molar-refractivity contribution in [1.29, 1.82) is 5.26 Å². The van der Waals surface area contributed by atoms with Gasteiger partial charge >= 0.3 is 0 Å². The molecule has 0 bridgehead atoms. The Bertz CT molecular complexity index is 387. The summed E-state index contributed by atoms with van der Waals surface area (Å²) in [6.45, 7) is 0. The second-order valence-corrected chi connectivity index (χ2v) is 4.04. The molecule has 1 rings (SSSR count). The molecule has 0 amide bonds. The van der Waals surface area contributed by atoms with Gasteiger partial charge in [-0.25, -0.2) is 4.98 Å². The largest absolute Gasteiger partial charge is 0.222 e. The van der Waals surface area contributed by atoms with Crippen molar-refractivity contribution in [2.24, 2.45) is 0 Å². The lowest BCUT2D eigenvalue weighted by molar-refractivity contribution is 1.21. The number of hydrogen-bond donors (Lipinski definition) is 0. The fourth-order valence-corrected chi connectivity index (χ4v) is 2.49. The van der Waals surface area contributed by atoms with Crippen molar-refractivity contribution in [1.82, 2.24) is 4.98 Å². The molecule has 1 aromatic heterocycles. The quantitative estimate of drug-likeness (QED) is 0.721. The molecule has 0 aliphatic rings. The van der Waals surface area contributed by atoms with Gasteiger partial charge in [-0.1, -0.05) is 34.8 Å². The molecule has 0 saturated carbocycles. The summed E-state index contributed by atoms with van der Waals surface area (Å²) in [5, 5.41) is 8.90. The van der Waals surface area contributed by atoms with Crippen molar-refractivity contribution in [2.75, 3.05) is 0 Å². The van der Waals surface area contributed by atoms with Crippen LogP contribution in [0.3, 0.4) is 0 Å². The molecule has 0 aromatic carbocycles. The third-order valence-corrected chi connectivity index (χ3v) is 3.54. The number of halogens is 4. The summed E-state index contributed by atoms with van der Waals surface area (Å²) >= 11 is 17.1. The maximum absolute atomic E-state index is 8.60. The van der Waals surface area contributed by atoms with Crippen LogP contribution in [0.4, 0.5) is 0 Å². The van der Waals surface area contributed by atoms with Crippen LogP contribution in [-0.2, 0) is 0 Å². The van der Waals surface area contributed by atoms with E-state index in [2.05, 4.69) is 4.98 Å². The van der Waals surface area contributed by atoms with E-state index in [0.717, 1.165) is 11.0 Å². The minimum Gasteiger partial charge on any atom is -0.222 e. The molecule has 1 heterocycles. The first kappa shape index (κ1) is 11.2. The van der Waals surface area contributed by atoms with Gasteiger partial charge in [-0.3, -0.25) is 0 Å². The molecular formula is C6Cl4N2S. The molecule has 0 saturated heterocycles. The van der Waals surface area contributed by atoms with Crippen LogP contribution in [0.15, 0.2) is 4.90 Å². The van der Waals surface area contributed by atoms with E-state index < -0.39 is 0 Å². The zero-order valence-electron chi connectivity index (χ0n) is 5.81. The molecule has 0 aliphatic heterocycles. The van der Waals surface area contributed by atoms with Crippen LogP contribution in [0.1, 0.15) is 5.69 Å². The summed E-state index contributed by atoms with van der Waals surface area (Å²) in [6, 6.07) is 1.78. The smallest absolute Gasteiger partial charge is 0.162 e. The highest BCUT2D eigenvalue weighted by atomic mass is 35.7. The molecule has 13 heavy (non-hydrogen) atoms. The number of nitrogens with zero attached hydrogens (tertiary/aromatic N) is 2. The minimum atomic E-state index is 0.0132. The second-order valence-electron chi connectivity index (χ2n) is 1.90. The standard InChI is InChI=1S/C6Cl4N2S/c7-3-2(1-11)12-6(9)4(8)5(3)13-10. The average Bonchev–Trinajstić information content (AvgIpc) is 2.12. The van der Waals surface area contributed by atoms with Crippen LogP contribution >= 0.6 is 56.5 Å². The van der Waals surface area contributed by atoms with Gasteiger partial charge in [0, 0.05) is 0 Å². The van der Waals surface area contributed by atoms with E-state index in [4.69, 9.17) is 50.7 Å². The molecule has 0 unspecified atom stereocenters. The van der Waals surface area contributed by atoms with E-state index in [-0.39, 0.29) is 20.9 Å². The maximum Gasteiger partial charge on any atom is 0.162 e. The lowest BCUT2D eigenvalue weighted by Crippen LogP contribution is -1.89. The van der Waals surface area contributed by atoms with Crippen molar-refractivity contribution in [3.05, 3.63) is 20.9 Å². The predicted molar refractivity (Wildman–Crippen MR) is 55.7 cm³/mol. The summed E-state index contributed by atoms with van der Waals surface area (Å²) in [5.74, 6) is 0. The first-order valence-corrected chi connectivity index (χ1v) is 5.62. The summed E-state index contributed by atoms with van der Waals surface area (Å²) in [6.07, 6.45) is 0. The Hall–Kier alpha value is 0.150. The van der Waals surface area contributed by atoms with E-state index in [1.165, 1.54) is 0 Å². The maximum atomic E-state index is 8.60. The fourth-order valence-electron chi connectivity index (χ4n) is 0.636. The summed E-state index contributed by atoms with van der Waals surface area (Å²) in [4.78, 5) is 4.02. The topological polar surface area (TPSA) is 36.7 Å². The van der Waals surface area contributed by atoms with Gasteiger partial charge in [-0.05, 0) is 21.7 Å². The predicted octanol–water partition coefficient (Wildman–Crippen LogP) is 4.16. The Balaban J connectivity index is 3.50. The SMILES string of the molecule is N#Cc1nc(Cl)c(Cl)c(SCl)c1Cl. The molecule has 0 aliphatic carbocycles. The zero-order chi connectivity index (χ0) is 10.0. The molecule has 2 nitrogen and oxygen atoms in total. The summed E-state index contributed by atoms with van der Waals surface area (Å²) < 4.78 is 0. The van der Waals surface area contributed by atoms with E-state index >= 15 is 0 Å². The van der Waals surface area contributed by atoms with Crippen molar-refractivity contribution in [3.8, 4) is 6.07 Å². The van der Waals surface area contributed by atoms with Crippen LogP contribution in [0.25, 0.3) is 0 Å². The molecule has 0 N–H and O–H groups in total. The third-order valence-electron chi connectivity index (χ3n) is 1.18. The van der Waals surface area contributed by atoms with Gasteiger partial charge in [0.2, 0.25) is 0 Å². The second kappa shape index (κ2) is 4.59. The van der Waals surface area contributed by atoms with Gasteiger partial charge in [0.15, 0.2) is 5.69 Å². The highest BCUT2D eigenvalue weighted by Gasteiger charge is 2.15. The van der Waals surface area contributed by atoms with E-state index in [9.17, 15) is 0 Å². The number of pyridine rings is 1. The molecule has 68 valence electrons. The van der Waals surface area contributed by atoms with Crippen molar-refractivity contribution >= 4 is 56.5 Å². The average molecular weight is 274 g/mol. The van der Waals surface area contributed by atoms with Crippen LogP contribution in [0.5, 0.6) is 0 Å². The Morgan fingerprint density at radius 1 is 1.23 bits per heavy atom. The first-order chi connectivity index (χ1) is 6.11. The fraction of sp³-hybridized carbons (Fsp3) is 0. The van der Waals surface area contributed by atoms with Crippen LogP contribution in [0, 0.1) is 11.3 Å². The molecule has 0 spiro atoms. The van der Waals surface area contributed by atoms with Gasteiger partial charge in [0.25, 0.3) is 0 Å². The molecule has 0 radical (unpaired) electrons. The summed E-state index contributed by atoms with van der Waals surface area (Å²) in [5.41, 5.74) is 0.0132. The Morgan fingerprint density at radius 3 is 2.31 bits per heavy atom.